The van der Waals surface area contributed by atoms with Gasteiger partial charge >= 0.3 is 0 Å². The second kappa shape index (κ2) is 5.56. The first-order chi connectivity index (χ1) is 11.5. The highest BCUT2D eigenvalue weighted by Gasteiger charge is 2.59. The molecule has 0 radical (unpaired) electrons. The molecule has 2 saturated heterocycles. The molecule has 1 spiro atoms. The summed E-state index contributed by atoms with van der Waals surface area (Å²) in [4.78, 5) is 15.0. The van der Waals surface area contributed by atoms with Crippen LogP contribution in [-0.4, -0.2) is 55.0 Å². The van der Waals surface area contributed by atoms with E-state index in [9.17, 15) is 13.2 Å². The molecule has 6 heteroatoms. The van der Waals surface area contributed by atoms with Gasteiger partial charge in [0.05, 0.1) is 10.7 Å². The zero-order valence-electron chi connectivity index (χ0n) is 14.0. The zero-order chi connectivity index (χ0) is 16.9. The van der Waals surface area contributed by atoms with Gasteiger partial charge in [-0.05, 0) is 31.7 Å². The monoisotopic (exact) mass is 348 g/mol. The SMILES string of the molecule is CCN1CC[C@@]2(CN(S(=O)(=O)C3CC3)C[C@H]2c2ccccc2)C1=O. The number of nitrogens with zero attached hydrogens (tertiary/aromatic N) is 2. The van der Waals surface area contributed by atoms with Crippen molar-refractivity contribution in [1.29, 1.82) is 0 Å². The van der Waals surface area contributed by atoms with Crippen molar-refractivity contribution in [3.05, 3.63) is 35.9 Å². The predicted molar refractivity (Wildman–Crippen MR) is 92.0 cm³/mol. The average Bonchev–Trinajstić information content (AvgIpc) is 3.31. The average molecular weight is 348 g/mol. The van der Waals surface area contributed by atoms with Crippen molar-refractivity contribution in [2.45, 2.75) is 37.4 Å². The molecule has 0 unspecified atom stereocenters. The van der Waals surface area contributed by atoms with Crippen molar-refractivity contribution in [3.63, 3.8) is 0 Å². The normalized spacial score (nSPS) is 31.3. The Morgan fingerprint density at radius 2 is 1.92 bits per heavy atom. The van der Waals surface area contributed by atoms with Crippen LogP contribution in [0.1, 0.15) is 37.7 Å². The molecule has 1 aromatic carbocycles. The van der Waals surface area contributed by atoms with E-state index in [1.165, 1.54) is 0 Å². The summed E-state index contributed by atoms with van der Waals surface area (Å²) >= 11 is 0. The first kappa shape index (κ1) is 16.1. The Labute approximate surface area is 143 Å². The number of amides is 1. The Kier molecular flexibility index (Phi) is 3.73. The lowest BCUT2D eigenvalue weighted by atomic mass is 9.73. The van der Waals surface area contributed by atoms with Gasteiger partial charge < -0.3 is 4.90 Å². The molecule has 1 aliphatic carbocycles. The molecule has 1 saturated carbocycles. The summed E-state index contributed by atoms with van der Waals surface area (Å²) in [5.74, 6) is 0.0867. The van der Waals surface area contributed by atoms with Crippen molar-refractivity contribution in [2.24, 2.45) is 5.41 Å². The maximum Gasteiger partial charge on any atom is 0.230 e. The molecule has 1 amide bonds. The molecule has 130 valence electrons. The minimum absolute atomic E-state index is 0.0451. The number of benzene rings is 1. The largest absolute Gasteiger partial charge is 0.342 e. The fourth-order valence-electron chi connectivity index (χ4n) is 4.38. The molecule has 0 N–H and O–H groups in total. The lowest BCUT2D eigenvalue weighted by Gasteiger charge is -2.29. The Morgan fingerprint density at radius 1 is 1.21 bits per heavy atom. The van der Waals surface area contributed by atoms with Crippen LogP contribution < -0.4 is 0 Å². The molecule has 3 aliphatic rings. The third kappa shape index (κ3) is 2.30. The highest BCUT2D eigenvalue weighted by molar-refractivity contribution is 7.90. The lowest BCUT2D eigenvalue weighted by molar-refractivity contribution is -0.135. The highest BCUT2D eigenvalue weighted by atomic mass is 32.2. The predicted octanol–water partition coefficient (Wildman–Crippen LogP) is 1.82. The van der Waals surface area contributed by atoms with Gasteiger partial charge in [0.25, 0.3) is 0 Å². The second-order valence-electron chi connectivity index (χ2n) is 7.29. The van der Waals surface area contributed by atoms with Crippen LogP contribution in [0, 0.1) is 5.41 Å². The molecule has 0 aromatic heterocycles. The molecule has 2 heterocycles. The van der Waals surface area contributed by atoms with E-state index in [1.807, 2.05) is 42.2 Å². The van der Waals surface area contributed by atoms with Crippen molar-refractivity contribution >= 4 is 15.9 Å². The number of hydrogen-bond acceptors (Lipinski definition) is 3. The van der Waals surface area contributed by atoms with E-state index in [4.69, 9.17) is 0 Å². The molecule has 24 heavy (non-hydrogen) atoms. The van der Waals surface area contributed by atoms with E-state index in [2.05, 4.69) is 0 Å². The molecule has 2 aliphatic heterocycles. The van der Waals surface area contributed by atoms with E-state index in [0.717, 1.165) is 31.4 Å². The van der Waals surface area contributed by atoms with Crippen LogP contribution in [-0.2, 0) is 14.8 Å². The van der Waals surface area contributed by atoms with E-state index in [0.29, 0.717) is 19.6 Å². The number of rotatable bonds is 4. The summed E-state index contributed by atoms with van der Waals surface area (Å²) in [5.41, 5.74) is 0.497. The van der Waals surface area contributed by atoms with Crippen LogP contribution in [0.2, 0.25) is 0 Å². The van der Waals surface area contributed by atoms with E-state index >= 15 is 0 Å². The molecule has 3 fully saturated rings. The van der Waals surface area contributed by atoms with Gasteiger partial charge in [-0.25, -0.2) is 8.42 Å². The molecule has 1 aromatic rings. The third-order valence-corrected chi connectivity index (χ3v) is 8.25. The van der Waals surface area contributed by atoms with Crippen molar-refractivity contribution in [3.8, 4) is 0 Å². The number of hydrogen-bond donors (Lipinski definition) is 0. The fraction of sp³-hybridized carbons (Fsp3) is 0.611. The van der Waals surface area contributed by atoms with Crippen LogP contribution in [0.5, 0.6) is 0 Å². The Morgan fingerprint density at radius 3 is 2.50 bits per heavy atom. The molecule has 5 nitrogen and oxygen atoms in total. The zero-order valence-corrected chi connectivity index (χ0v) is 14.8. The van der Waals surface area contributed by atoms with Gasteiger partial charge in [-0.1, -0.05) is 30.3 Å². The number of carbonyl (C=O) groups is 1. The Hall–Kier alpha value is -1.40. The molecule has 2 atom stereocenters. The van der Waals surface area contributed by atoms with Crippen LogP contribution in [0.25, 0.3) is 0 Å². The first-order valence-corrected chi connectivity index (χ1v) is 10.3. The van der Waals surface area contributed by atoms with Crippen LogP contribution in [0.15, 0.2) is 30.3 Å². The molecule has 4 rings (SSSR count). The lowest BCUT2D eigenvalue weighted by Crippen LogP contribution is -2.40. The van der Waals surface area contributed by atoms with Gasteiger partial charge in [-0.3, -0.25) is 4.79 Å². The number of likely N-dealkylation sites (tertiary alicyclic amines) is 1. The summed E-state index contributed by atoms with van der Waals surface area (Å²) in [6.07, 6.45) is 2.27. The molecular formula is C18H24N2O3S. The van der Waals surface area contributed by atoms with E-state index in [1.54, 1.807) is 4.31 Å². The van der Waals surface area contributed by atoms with Crippen LogP contribution in [0.4, 0.5) is 0 Å². The summed E-state index contributed by atoms with van der Waals surface area (Å²) in [7, 11) is -3.25. The van der Waals surface area contributed by atoms with Gasteiger partial charge in [-0.2, -0.15) is 4.31 Å². The summed E-state index contributed by atoms with van der Waals surface area (Å²) in [6, 6.07) is 9.96. The van der Waals surface area contributed by atoms with E-state index in [-0.39, 0.29) is 17.1 Å². The number of sulfonamides is 1. The van der Waals surface area contributed by atoms with Crippen LogP contribution >= 0.6 is 0 Å². The van der Waals surface area contributed by atoms with Gasteiger partial charge in [0.1, 0.15) is 0 Å². The summed E-state index contributed by atoms with van der Waals surface area (Å²) < 4.78 is 27.2. The summed E-state index contributed by atoms with van der Waals surface area (Å²) in [5, 5.41) is -0.220. The molecular weight excluding hydrogens is 324 g/mol. The summed E-state index contributed by atoms with van der Waals surface area (Å²) in [6.45, 7) is 4.20. The van der Waals surface area contributed by atoms with Gasteiger partial charge in [0, 0.05) is 32.1 Å². The van der Waals surface area contributed by atoms with E-state index < -0.39 is 15.4 Å². The van der Waals surface area contributed by atoms with Gasteiger partial charge in [-0.15, -0.1) is 0 Å². The fourth-order valence-corrected chi connectivity index (χ4v) is 6.30. The molecule has 0 bridgehead atoms. The first-order valence-electron chi connectivity index (χ1n) is 8.82. The topological polar surface area (TPSA) is 57.7 Å². The van der Waals surface area contributed by atoms with Gasteiger partial charge in [0.15, 0.2) is 0 Å². The van der Waals surface area contributed by atoms with Crippen molar-refractivity contribution < 1.29 is 13.2 Å². The maximum absolute atomic E-state index is 13.1. The minimum atomic E-state index is -3.25. The van der Waals surface area contributed by atoms with Gasteiger partial charge in [0.2, 0.25) is 15.9 Å². The van der Waals surface area contributed by atoms with Crippen molar-refractivity contribution in [2.75, 3.05) is 26.2 Å². The Balaban J connectivity index is 1.73. The standard InChI is InChI=1S/C18H24N2O3S/c1-2-19-11-10-18(17(19)21)13-20(24(22,23)15-8-9-15)12-16(18)14-6-4-3-5-7-14/h3-7,15-16H,2,8-13H2,1H3/t16-,18-/m0/s1. The maximum atomic E-state index is 13.1. The van der Waals surface area contributed by atoms with Crippen LogP contribution in [0.3, 0.4) is 0 Å². The minimum Gasteiger partial charge on any atom is -0.342 e. The Bertz CT molecular complexity index is 745. The smallest absolute Gasteiger partial charge is 0.230 e. The highest BCUT2D eigenvalue weighted by Crippen LogP contribution is 2.51. The quantitative estimate of drug-likeness (QED) is 0.834. The third-order valence-electron chi connectivity index (χ3n) is 5.94. The number of carbonyl (C=O) groups excluding carboxylic acids is 1. The van der Waals surface area contributed by atoms with Crippen molar-refractivity contribution in [1.82, 2.24) is 9.21 Å². The second-order valence-corrected chi connectivity index (χ2v) is 9.50.